The van der Waals surface area contributed by atoms with E-state index in [0.717, 1.165) is 12.1 Å². The molecule has 2 aromatic carbocycles. The van der Waals surface area contributed by atoms with Gasteiger partial charge in [-0.05, 0) is 0 Å². The van der Waals surface area contributed by atoms with Gasteiger partial charge < -0.3 is 0 Å². The molecule has 174 valence electrons. The van der Waals surface area contributed by atoms with Gasteiger partial charge in [-0.1, -0.05) is 0 Å². The number of allylic oxidation sites excluding steroid dienone is 2. The third-order valence-corrected chi connectivity index (χ3v) is 15.0. The molecule has 1 heterocycles. The predicted molar refractivity (Wildman–Crippen MR) is 139 cm³/mol. The molecule has 32 heavy (non-hydrogen) atoms. The number of rotatable bonds is 10. The summed E-state index contributed by atoms with van der Waals surface area (Å²) in [6.07, 6.45) is 1.04. The van der Waals surface area contributed by atoms with Crippen LogP contribution < -0.4 is 48.0 Å². The normalized spacial score (nSPS) is 16.4. The van der Waals surface area contributed by atoms with E-state index in [-0.39, 0.29) is 52.0 Å². The van der Waals surface area contributed by atoms with Crippen LogP contribution >= 0.6 is 22.6 Å². The molecule has 0 bridgehead atoms. The molecule has 0 saturated carbocycles. The molecular formula is C27H33I3N2-2. The van der Waals surface area contributed by atoms with Crippen molar-refractivity contribution in [3.63, 3.8) is 0 Å². The van der Waals surface area contributed by atoms with Gasteiger partial charge in [0.2, 0.25) is 0 Å². The second-order valence-electron chi connectivity index (χ2n) is 8.53. The van der Waals surface area contributed by atoms with Gasteiger partial charge in [0.05, 0.1) is 0 Å². The summed E-state index contributed by atoms with van der Waals surface area (Å²) in [5, 5.41) is 3.63. The van der Waals surface area contributed by atoms with Crippen molar-refractivity contribution in [2.75, 3.05) is 4.43 Å². The van der Waals surface area contributed by atoms with E-state index in [0.29, 0.717) is 3.92 Å². The Morgan fingerprint density at radius 3 is 2.41 bits per heavy atom. The molecular weight excluding hydrogens is 733 g/mol. The molecule has 1 N–H and O–H groups in total. The summed E-state index contributed by atoms with van der Waals surface area (Å²) in [5.41, 5.74) is 7.90. The number of nitrogens with zero attached hydrogens (tertiary/aromatic N) is 1. The van der Waals surface area contributed by atoms with E-state index in [4.69, 9.17) is 3.21 Å². The number of alkyl halides is 3. The zero-order valence-corrected chi connectivity index (χ0v) is 26.0. The quantitative estimate of drug-likeness (QED) is 0.222. The van der Waals surface area contributed by atoms with Gasteiger partial charge in [0, 0.05) is 0 Å². The molecule has 0 fully saturated rings. The molecule has 1 aliphatic rings. The Labute approximate surface area is 228 Å². The van der Waals surface area contributed by atoms with Crippen molar-refractivity contribution in [1.82, 2.24) is 5.32 Å². The maximum absolute atomic E-state index is 4.69. The first-order chi connectivity index (χ1) is 15.2. The van der Waals surface area contributed by atoms with E-state index < -0.39 is 0 Å². The summed E-state index contributed by atoms with van der Waals surface area (Å²) in [7, 11) is 0. The van der Waals surface area contributed by atoms with E-state index in [1.165, 1.54) is 36.1 Å². The monoisotopic (exact) mass is 766 g/mol. The Balaban J connectivity index is 1.62. The van der Waals surface area contributed by atoms with E-state index in [1.807, 2.05) is 0 Å². The molecule has 0 aliphatic carbocycles. The molecule has 2 unspecified atom stereocenters. The molecule has 2 atom stereocenters. The van der Waals surface area contributed by atoms with Crippen molar-refractivity contribution < 1.29 is 42.7 Å². The summed E-state index contributed by atoms with van der Waals surface area (Å²) >= 11 is 2.35. The average Bonchev–Trinajstić information content (AvgIpc) is 3.16. The number of nitrogens with one attached hydrogen (secondary N) is 1. The Morgan fingerprint density at radius 1 is 1.12 bits per heavy atom. The molecule has 0 aromatic heterocycles. The number of hydrogen-bond acceptors (Lipinski definition) is 2. The summed E-state index contributed by atoms with van der Waals surface area (Å²) in [6.45, 7) is 15.8. The van der Waals surface area contributed by atoms with Gasteiger partial charge in [-0.2, -0.15) is 0 Å². The van der Waals surface area contributed by atoms with Crippen LogP contribution in [0.15, 0.2) is 79.4 Å². The van der Waals surface area contributed by atoms with Crippen LogP contribution in [0.25, 0.3) is 0 Å². The second kappa shape index (κ2) is 11.8. The number of hydrogen-bond donors (Lipinski definition) is 1. The zero-order valence-electron chi connectivity index (χ0n) is 19.6. The molecule has 0 spiro atoms. The minimum atomic E-state index is -0.290. The molecule has 2 aromatic rings. The Morgan fingerprint density at radius 2 is 1.78 bits per heavy atom. The zero-order chi connectivity index (χ0) is 23.3. The van der Waals surface area contributed by atoms with Crippen molar-refractivity contribution >= 4 is 28.3 Å². The SMILES string of the molecule is C=C(NC1=C(CC)C(C)=N[I-]1)C(C)c1ccc(C(C)(C)[I-]CC(I)c2ccccc2)cc1. The Bertz CT molecular complexity index is 991. The van der Waals surface area contributed by atoms with Crippen LogP contribution in [0.3, 0.4) is 0 Å². The van der Waals surface area contributed by atoms with E-state index >= 15 is 0 Å². The fraction of sp³-hybridized carbons (Fsp3) is 0.370. The van der Waals surface area contributed by atoms with Gasteiger partial charge >= 0.3 is 231 Å². The average molecular weight is 766 g/mol. The minimum absolute atomic E-state index is 0.0211. The first kappa shape index (κ1) is 26.2. The summed E-state index contributed by atoms with van der Waals surface area (Å²) in [4.78, 5) is 0. The molecule has 0 saturated heterocycles. The summed E-state index contributed by atoms with van der Waals surface area (Å²) < 4.78 is 8.17. The fourth-order valence-corrected chi connectivity index (χ4v) is 10.3. The molecule has 5 heteroatoms. The fourth-order valence-electron chi connectivity index (χ4n) is 3.58. The van der Waals surface area contributed by atoms with Crippen molar-refractivity contribution in [2.45, 2.75) is 54.3 Å². The van der Waals surface area contributed by atoms with Gasteiger partial charge in [-0.3, -0.25) is 0 Å². The molecule has 0 amide bonds. The van der Waals surface area contributed by atoms with Crippen LogP contribution in [0.2, 0.25) is 0 Å². The topological polar surface area (TPSA) is 24.4 Å². The van der Waals surface area contributed by atoms with Crippen LogP contribution in [0.5, 0.6) is 0 Å². The van der Waals surface area contributed by atoms with E-state index in [1.54, 1.807) is 0 Å². The maximum atomic E-state index is 4.69. The van der Waals surface area contributed by atoms with Crippen molar-refractivity contribution in [3.05, 3.63) is 92.8 Å². The van der Waals surface area contributed by atoms with Crippen molar-refractivity contribution in [1.29, 1.82) is 0 Å². The first-order valence-corrected chi connectivity index (χ1v) is 16.9. The summed E-state index contributed by atoms with van der Waals surface area (Å²) in [5.74, 6) is 0.272. The van der Waals surface area contributed by atoms with Gasteiger partial charge in [0.15, 0.2) is 0 Å². The van der Waals surface area contributed by atoms with Gasteiger partial charge in [-0.25, -0.2) is 0 Å². The second-order valence-corrected chi connectivity index (χ2v) is 16.4. The summed E-state index contributed by atoms with van der Waals surface area (Å²) in [6, 6.07) is 20.2. The van der Waals surface area contributed by atoms with Gasteiger partial charge in [-0.15, -0.1) is 0 Å². The first-order valence-electron chi connectivity index (χ1n) is 11.0. The van der Waals surface area contributed by atoms with Crippen LogP contribution in [0.1, 0.15) is 67.6 Å². The van der Waals surface area contributed by atoms with E-state index in [9.17, 15) is 0 Å². The standard InChI is InChI=1S/C27H33I3N2/c1-7-24-20(4)32-30-26(24)31-19(3)18(2)21-13-15-23(16-14-21)27(5,6)29-17-25(28)22-11-9-8-10-12-22/h8-16,18,25,31H,3,7,17H2,1-2,4-6H3/q-2. The third kappa shape index (κ3) is 6.58. The molecule has 3 rings (SSSR count). The molecule has 2 nitrogen and oxygen atoms in total. The van der Waals surface area contributed by atoms with Crippen LogP contribution in [0.4, 0.5) is 0 Å². The van der Waals surface area contributed by atoms with Crippen LogP contribution in [-0.2, 0) is 3.42 Å². The molecule has 0 radical (unpaired) electrons. The van der Waals surface area contributed by atoms with Crippen LogP contribution in [0, 0.1) is 0 Å². The van der Waals surface area contributed by atoms with Crippen LogP contribution in [-0.4, -0.2) is 10.1 Å². The van der Waals surface area contributed by atoms with E-state index in [2.05, 4.69) is 124 Å². The molecule has 1 aliphatic heterocycles. The predicted octanol–water partition coefficient (Wildman–Crippen LogP) is 1.49. The Hall–Kier alpha value is -0.420. The van der Waals surface area contributed by atoms with Crippen molar-refractivity contribution in [2.24, 2.45) is 3.21 Å². The van der Waals surface area contributed by atoms with Gasteiger partial charge in [0.1, 0.15) is 0 Å². The third-order valence-electron chi connectivity index (χ3n) is 5.91. The van der Waals surface area contributed by atoms with Gasteiger partial charge in [0.25, 0.3) is 0 Å². The number of halogens is 3. The number of benzene rings is 2. The van der Waals surface area contributed by atoms with Crippen molar-refractivity contribution in [3.8, 4) is 0 Å². The Kier molecular flexibility index (Phi) is 9.67.